The molecule has 0 aromatic heterocycles. The van der Waals surface area contributed by atoms with Crippen LogP contribution in [0.2, 0.25) is 0 Å². The van der Waals surface area contributed by atoms with Crippen LogP contribution in [0.5, 0.6) is 0 Å². The molecular weight excluding hydrogens is 368 g/mol. The number of esters is 1. The molecule has 3 rings (SSSR count). The van der Waals surface area contributed by atoms with E-state index >= 15 is 0 Å². The Kier molecular flexibility index (Phi) is 5.96. The van der Waals surface area contributed by atoms with Crippen LogP contribution in [0.15, 0.2) is 41.8 Å². The second kappa shape index (κ2) is 8.24. The summed E-state index contributed by atoms with van der Waals surface area (Å²) in [5.41, 5.74) is 0.253. The summed E-state index contributed by atoms with van der Waals surface area (Å²) >= 11 is 0. The predicted octanol–water partition coefficient (Wildman–Crippen LogP) is 2.63. The maximum atomic E-state index is 12.0. The van der Waals surface area contributed by atoms with E-state index in [-0.39, 0.29) is 13.2 Å². The maximum absolute atomic E-state index is 12.0. The number of hydrogen-bond donors (Lipinski definition) is 1. The van der Waals surface area contributed by atoms with Crippen LogP contribution in [0.4, 0.5) is 0 Å². The summed E-state index contributed by atoms with van der Waals surface area (Å²) in [6.45, 7) is 5.34. The van der Waals surface area contributed by atoms with Crippen molar-refractivity contribution in [3.63, 3.8) is 0 Å². The number of carbonyl (C=O) groups is 1. The van der Waals surface area contributed by atoms with Gasteiger partial charge >= 0.3 is 11.7 Å². The number of aliphatic hydroxyl groups excluding tert-OH is 1. The molecule has 0 spiro atoms. The summed E-state index contributed by atoms with van der Waals surface area (Å²) in [6, 6.07) is 9.43. The molecule has 1 aromatic carbocycles. The van der Waals surface area contributed by atoms with E-state index in [1.807, 2.05) is 30.3 Å². The lowest BCUT2D eigenvalue weighted by molar-refractivity contribution is -0.217. The fraction of sp³-hybridized carbons (Fsp3) is 0.526. The number of rotatable bonds is 6. The second-order valence-corrected chi connectivity index (χ2v) is 6.84. The molecule has 9 nitrogen and oxygen atoms in total. The van der Waals surface area contributed by atoms with Gasteiger partial charge in [0, 0.05) is 0 Å². The van der Waals surface area contributed by atoms with Gasteiger partial charge in [-0.1, -0.05) is 30.3 Å². The summed E-state index contributed by atoms with van der Waals surface area (Å²) < 4.78 is 28.0. The van der Waals surface area contributed by atoms with Crippen LogP contribution in [0.1, 0.15) is 26.3 Å². The zero-order valence-corrected chi connectivity index (χ0v) is 15.9. The van der Waals surface area contributed by atoms with Gasteiger partial charge in [0.05, 0.1) is 13.2 Å². The van der Waals surface area contributed by atoms with Gasteiger partial charge in [0.1, 0.15) is 12.2 Å². The van der Waals surface area contributed by atoms with Crippen LogP contribution < -0.4 is 0 Å². The Hall–Kier alpha value is -2.51. The second-order valence-electron chi connectivity index (χ2n) is 6.84. The van der Waals surface area contributed by atoms with Gasteiger partial charge in [0.15, 0.2) is 23.2 Å². The molecule has 0 aliphatic carbocycles. The highest BCUT2D eigenvalue weighted by atomic mass is 16.8. The Balaban J connectivity index is 1.86. The summed E-state index contributed by atoms with van der Waals surface area (Å²) in [4.78, 5) is 14.8. The minimum atomic E-state index is -1.13. The topological polar surface area (TPSA) is 112 Å². The molecule has 28 heavy (non-hydrogen) atoms. The van der Waals surface area contributed by atoms with Crippen molar-refractivity contribution in [3.8, 4) is 0 Å². The number of fused-ring (bicyclic) bond motifs is 1. The molecule has 9 heteroatoms. The molecule has 0 saturated carbocycles. The lowest BCUT2D eigenvalue weighted by atomic mass is 10.1. The number of ether oxygens (including phenoxy) is 5. The average Bonchev–Trinajstić information content (AvgIpc) is 3.13. The largest absolute Gasteiger partial charge is 0.508 e. The first-order chi connectivity index (χ1) is 13.4. The normalized spacial score (nSPS) is 28.9. The summed E-state index contributed by atoms with van der Waals surface area (Å²) in [6.07, 6.45) is -3.40. The van der Waals surface area contributed by atoms with Gasteiger partial charge < -0.3 is 28.8 Å². The van der Waals surface area contributed by atoms with Crippen molar-refractivity contribution in [1.82, 2.24) is 0 Å². The highest BCUT2D eigenvalue weighted by Gasteiger charge is 2.58. The first kappa shape index (κ1) is 20.2. The third-order valence-corrected chi connectivity index (χ3v) is 4.36. The first-order valence-corrected chi connectivity index (χ1v) is 8.98. The molecule has 1 N–H and O–H groups in total. The Labute approximate surface area is 162 Å². The van der Waals surface area contributed by atoms with Crippen LogP contribution in [-0.2, 0) is 35.1 Å². The van der Waals surface area contributed by atoms with Crippen LogP contribution in [0.3, 0.4) is 0 Å². The molecular formula is C19H23N2O7+. The van der Waals surface area contributed by atoms with Gasteiger partial charge in [-0.05, 0) is 26.3 Å². The van der Waals surface area contributed by atoms with Gasteiger partial charge in [-0.2, -0.15) is 0 Å². The zero-order chi connectivity index (χ0) is 20.3. The quantitative estimate of drug-likeness (QED) is 0.341. The minimum Gasteiger partial charge on any atom is -0.503 e. The van der Waals surface area contributed by atoms with Crippen molar-refractivity contribution in [1.29, 1.82) is 5.39 Å². The average molecular weight is 391 g/mol. The zero-order valence-electron chi connectivity index (χ0n) is 15.9. The van der Waals surface area contributed by atoms with Gasteiger partial charge in [0.25, 0.3) is 0 Å². The molecule has 4 atom stereocenters. The van der Waals surface area contributed by atoms with Gasteiger partial charge in [-0.15, -0.1) is 0 Å². The first-order valence-electron chi connectivity index (χ1n) is 8.98. The number of hydrogen-bond acceptors (Lipinski definition) is 8. The lowest BCUT2D eigenvalue weighted by Crippen LogP contribution is -2.38. The molecule has 2 aliphatic heterocycles. The van der Waals surface area contributed by atoms with Crippen molar-refractivity contribution < 1.29 is 33.6 Å². The summed E-state index contributed by atoms with van der Waals surface area (Å²) in [7, 11) is 0. The van der Waals surface area contributed by atoms with E-state index in [9.17, 15) is 15.3 Å². The lowest BCUT2D eigenvalue weighted by Gasteiger charge is -2.25. The Morgan fingerprint density at radius 1 is 1.29 bits per heavy atom. The minimum absolute atomic E-state index is 0.0518. The Bertz CT molecular complexity index is 787. The van der Waals surface area contributed by atoms with E-state index < -0.39 is 47.8 Å². The third-order valence-electron chi connectivity index (χ3n) is 4.36. The Morgan fingerprint density at radius 2 is 2.00 bits per heavy atom. The molecule has 0 amide bonds. The van der Waals surface area contributed by atoms with E-state index in [1.54, 1.807) is 20.8 Å². The molecule has 1 aromatic rings. The van der Waals surface area contributed by atoms with E-state index in [2.05, 4.69) is 4.98 Å². The molecule has 150 valence electrons. The molecule has 2 aliphatic rings. The van der Waals surface area contributed by atoms with E-state index in [0.29, 0.717) is 0 Å². The van der Waals surface area contributed by atoms with Crippen molar-refractivity contribution in [2.75, 3.05) is 6.61 Å². The predicted molar refractivity (Wildman–Crippen MR) is 95.1 cm³/mol. The van der Waals surface area contributed by atoms with Crippen LogP contribution in [0.25, 0.3) is 4.98 Å². The van der Waals surface area contributed by atoms with Crippen LogP contribution in [0, 0.1) is 5.39 Å². The highest BCUT2D eigenvalue weighted by Crippen LogP contribution is 2.41. The van der Waals surface area contributed by atoms with E-state index in [4.69, 9.17) is 23.7 Å². The number of carbonyl (C=O) groups excluding carboxylic acids is 1. The molecule has 0 unspecified atom stereocenters. The van der Waals surface area contributed by atoms with Gasteiger partial charge in [-0.3, -0.25) is 0 Å². The van der Waals surface area contributed by atoms with Gasteiger partial charge in [0.2, 0.25) is 11.2 Å². The molecule has 0 bridgehead atoms. The van der Waals surface area contributed by atoms with E-state index in [1.165, 1.54) is 0 Å². The van der Waals surface area contributed by atoms with Crippen molar-refractivity contribution in [2.24, 2.45) is 0 Å². The fourth-order valence-electron chi connectivity index (χ4n) is 3.18. The van der Waals surface area contributed by atoms with Crippen molar-refractivity contribution in [3.05, 3.63) is 52.3 Å². The van der Waals surface area contributed by atoms with Gasteiger partial charge in [-0.25, -0.2) is 4.79 Å². The number of aliphatic hydroxyl groups is 1. The highest BCUT2D eigenvalue weighted by molar-refractivity contribution is 5.90. The van der Waals surface area contributed by atoms with E-state index in [0.717, 1.165) is 5.56 Å². The molecule has 2 fully saturated rings. The fourth-order valence-corrected chi connectivity index (χ4v) is 3.18. The summed E-state index contributed by atoms with van der Waals surface area (Å²) in [5, 5.41) is 19.7. The monoisotopic (exact) mass is 391 g/mol. The molecule has 2 saturated heterocycles. The Morgan fingerprint density at radius 3 is 2.64 bits per heavy atom. The molecule has 2 heterocycles. The number of diazo groups is 1. The summed E-state index contributed by atoms with van der Waals surface area (Å²) in [5.74, 6) is -2.48. The smallest absolute Gasteiger partial charge is 0.503 e. The maximum Gasteiger partial charge on any atom is 0.508 e. The van der Waals surface area contributed by atoms with Crippen molar-refractivity contribution in [2.45, 2.75) is 57.8 Å². The number of benzene rings is 1. The molecule has 0 radical (unpaired) electrons. The van der Waals surface area contributed by atoms with Crippen molar-refractivity contribution >= 4 is 5.97 Å². The van der Waals surface area contributed by atoms with Crippen LogP contribution in [-0.4, -0.2) is 48.1 Å². The third kappa shape index (κ3) is 4.15. The standard InChI is InChI=1S/C19H22N2O7/c1-4-24-17(23)12(21-20)13(22)14-15(25-10-11-8-6-5-7-9-11)16-18(26-14)28-19(2,3)27-16/h5-9,14-16,18H,4,10H2,1-3H3/p+1/t14-,15+,16-,18-/m1/s1. The SMILES string of the molecule is CCOC(=O)/C([N+]#N)=C(\O)[C@H]1O[C@@H]2OC(C)(C)O[C@@H]2[C@H]1OCc1ccccc1. The number of nitrogens with zero attached hydrogens (tertiary/aromatic N) is 2. The van der Waals surface area contributed by atoms with Crippen LogP contribution >= 0.6 is 0 Å².